The van der Waals surface area contributed by atoms with Gasteiger partial charge in [-0.3, -0.25) is 9.59 Å². The summed E-state index contributed by atoms with van der Waals surface area (Å²) in [5, 5.41) is 0. The van der Waals surface area contributed by atoms with Crippen LogP contribution >= 0.6 is 0 Å². The first-order valence-electron chi connectivity index (χ1n) is 18.0. The van der Waals surface area contributed by atoms with Crippen molar-refractivity contribution in [3.63, 3.8) is 0 Å². The number of Topliss-reactive ketones (excluding diaryl/α,β-unsaturated/α-hetero) is 2. The highest BCUT2D eigenvalue weighted by atomic mass is 32.3. The Bertz CT molecular complexity index is 739. The predicted octanol–water partition coefficient (Wildman–Crippen LogP) is 10.7. The molecule has 0 aromatic rings. The number of carbonyl (C=O) groups is 2. The van der Waals surface area contributed by atoms with Gasteiger partial charge >= 0.3 is 10.4 Å². The Morgan fingerprint density at radius 2 is 0.714 bits per heavy atom. The predicted molar refractivity (Wildman–Crippen MR) is 174 cm³/mol. The molecule has 0 aliphatic carbocycles. The summed E-state index contributed by atoms with van der Waals surface area (Å²) < 4.78 is 32.7. The van der Waals surface area contributed by atoms with E-state index in [1.807, 2.05) is 0 Å². The lowest BCUT2D eigenvalue weighted by atomic mass is 9.76. The van der Waals surface area contributed by atoms with Gasteiger partial charge in [0.1, 0.15) is 5.41 Å². The quantitative estimate of drug-likeness (QED) is 0.0570. The summed E-state index contributed by atoms with van der Waals surface area (Å²) in [4.78, 5) is 26.4. The van der Waals surface area contributed by atoms with Crippen molar-refractivity contribution in [1.82, 2.24) is 0 Å². The Morgan fingerprint density at radius 1 is 0.476 bits per heavy atom. The summed E-state index contributed by atoms with van der Waals surface area (Å²) in [6.45, 7) is 6.01. The van der Waals surface area contributed by atoms with Gasteiger partial charge in [-0.2, -0.15) is 8.42 Å². The van der Waals surface area contributed by atoms with E-state index in [9.17, 15) is 18.0 Å². The SMILES string of the molecule is CCCCCCCCCCCCCCCC(=O)C(C)(C(=O)CCCCCCCCCCCCCCC)C1OS(=O)(=O)O1. The van der Waals surface area contributed by atoms with Crippen molar-refractivity contribution in [2.75, 3.05) is 0 Å². The van der Waals surface area contributed by atoms with Gasteiger partial charge in [-0.25, -0.2) is 8.37 Å². The Morgan fingerprint density at radius 3 is 0.952 bits per heavy atom. The van der Waals surface area contributed by atoms with E-state index in [0.717, 1.165) is 25.7 Å². The smallest absolute Gasteiger partial charge is 0.298 e. The van der Waals surface area contributed by atoms with Gasteiger partial charge < -0.3 is 0 Å². The second-order valence-corrected chi connectivity index (χ2v) is 14.2. The summed E-state index contributed by atoms with van der Waals surface area (Å²) in [6.07, 6.45) is 30.8. The minimum atomic E-state index is -4.08. The van der Waals surface area contributed by atoms with Crippen molar-refractivity contribution in [3.05, 3.63) is 0 Å². The molecule has 6 nitrogen and oxygen atoms in total. The van der Waals surface area contributed by atoms with Crippen molar-refractivity contribution in [3.8, 4) is 0 Å². The highest BCUT2D eigenvalue weighted by Gasteiger charge is 2.56. The Balaban J connectivity index is 2.22. The van der Waals surface area contributed by atoms with E-state index in [2.05, 4.69) is 13.8 Å². The van der Waals surface area contributed by atoms with Gasteiger partial charge in [-0.15, -0.1) is 0 Å². The van der Waals surface area contributed by atoms with Gasteiger partial charge in [-0.1, -0.05) is 168 Å². The average molecular weight is 615 g/mol. The molecule has 0 aromatic carbocycles. The molecule has 7 heteroatoms. The number of carbonyl (C=O) groups excluding carboxylic acids is 2. The third kappa shape index (κ3) is 17.5. The first-order chi connectivity index (χ1) is 20.3. The molecule has 1 rings (SSSR count). The monoisotopic (exact) mass is 614 g/mol. The number of hydrogen-bond acceptors (Lipinski definition) is 6. The molecule has 0 amide bonds. The maximum Gasteiger partial charge on any atom is 0.405 e. The van der Waals surface area contributed by atoms with Gasteiger partial charge in [0.25, 0.3) is 0 Å². The first-order valence-corrected chi connectivity index (χ1v) is 19.3. The van der Waals surface area contributed by atoms with E-state index in [1.165, 1.54) is 135 Å². The Kier molecular flexibility index (Phi) is 22.9. The highest BCUT2D eigenvalue weighted by Crippen LogP contribution is 2.39. The van der Waals surface area contributed by atoms with Crippen LogP contribution in [0.25, 0.3) is 0 Å². The van der Waals surface area contributed by atoms with Gasteiger partial charge in [0, 0.05) is 12.8 Å². The van der Waals surface area contributed by atoms with E-state index in [1.54, 1.807) is 0 Å². The van der Waals surface area contributed by atoms with Crippen LogP contribution in [0.4, 0.5) is 0 Å². The van der Waals surface area contributed by atoms with Crippen LogP contribution in [0.3, 0.4) is 0 Å². The summed E-state index contributed by atoms with van der Waals surface area (Å²) in [6, 6.07) is 0. The van der Waals surface area contributed by atoms with Crippen molar-refractivity contribution in [1.29, 1.82) is 0 Å². The summed E-state index contributed by atoms with van der Waals surface area (Å²) >= 11 is 0. The molecule has 42 heavy (non-hydrogen) atoms. The third-order valence-electron chi connectivity index (χ3n) is 9.06. The fourth-order valence-corrected chi connectivity index (χ4v) is 6.79. The molecule has 0 unspecified atom stereocenters. The Hall–Kier alpha value is -0.790. The molecular weight excluding hydrogens is 548 g/mol. The zero-order valence-corrected chi connectivity index (χ0v) is 28.6. The summed E-state index contributed by atoms with van der Waals surface area (Å²) in [5.41, 5.74) is -1.56. The molecule has 0 saturated carbocycles. The summed E-state index contributed by atoms with van der Waals surface area (Å²) in [7, 11) is -4.08. The van der Waals surface area contributed by atoms with Crippen LogP contribution < -0.4 is 0 Å². The van der Waals surface area contributed by atoms with Crippen LogP contribution in [0.15, 0.2) is 0 Å². The standard InChI is InChI=1S/C35H66O6S/c1-4-6-8-10-12-14-16-18-20-22-24-26-28-30-32(36)35(3,34-40-42(38,39)41-34)33(37)31-29-27-25-23-21-19-17-15-13-11-9-7-5-2/h34H,4-31H2,1-3H3. The molecule has 1 saturated heterocycles. The number of ketones is 2. The summed E-state index contributed by atoms with van der Waals surface area (Å²) in [5.74, 6) is -0.518. The van der Waals surface area contributed by atoms with E-state index < -0.39 is 22.1 Å². The molecule has 1 heterocycles. The number of hydrogen-bond donors (Lipinski definition) is 0. The fourth-order valence-electron chi connectivity index (χ4n) is 5.96. The zero-order valence-electron chi connectivity index (χ0n) is 27.7. The maximum absolute atomic E-state index is 13.2. The molecular formula is C35H66O6S. The Labute approximate surface area is 260 Å². The van der Waals surface area contributed by atoms with Crippen molar-refractivity contribution in [2.24, 2.45) is 5.41 Å². The largest absolute Gasteiger partial charge is 0.405 e. The minimum Gasteiger partial charge on any atom is -0.298 e. The lowest BCUT2D eigenvalue weighted by Gasteiger charge is -2.38. The van der Waals surface area contributed by atoms with Crippen LogP contribution in [0, 0.1) is 5.41 Å². The molecule has 248 valence electrons. The molecule has 0 atom stereocenters. The molecule has 1 fully saturated rings. The van der Waals surface area contributed by atoms with Gasteiger partial charge in [-0.05, 0) is 19.8 Å². The third-order valence-corrected chi connectivity index (χ3v) is 9.88. The number of rotatable bonds is 31. The molecule has 1 aliphatic rings. The average Bonchev–Trinajstić information content (AvgIpc) is 2.95. The maximum atomic E-state index is 13.2. The second kappa shape index (κ2) is 24.5. The van der Waals surface area contributed by atoms with Crippen molar-refractivity contribution >= 4 is 22.0 Å². The highest BCUT2D eigenvalue weighted by molar-refractivity contribution is 7.82. The molecule has 0 radical (unpaired) electrons. The molecule has 0 spiro atoms. The first kappa shape index (κ1) is 39.2. The lowest BCUT2D eigenvalue weighted by Crippen LogP contribution is -2.55. The van der Waals surface area contributed by atoms with Crippen LogP contribution in [-0.2, 0) is 28.4 Å². The minimum absolute atomic E-state index is 0.252. The second-order valence-electron chi connectivity index (χ2n) is 13.0. The van der Waals surface area contributed by atoms with Gasteiger partial charge in [0.2, 0.25) is 6.29 Å². The van der Waals surface area contributed by atoms with Crippen LogP contribution in [0.1, 0.15) is 201 Å². The molecule has 0 N–H and O–H groups in total. The van der Waals surface area contributed by atoms with Crippen molar-refractivity contribution in [2.45, 2.75) is 207 Å². The van der Waals surface area contributed by atoms with E-state index in [4.69, 9.17) is 8.37 Å². The van der Waals surface area contributed by atoms with Crippen LogP contribution in [0.5, 0.6) is 0 Å². The van der Waals surface area contributed by atoms with Crippen molar-refractivity contribution < 1.29 is 26.4 Å². The van der Waals surface area contributed by atoms with E-state index >= 15 is 0 Å². The van der Waals surface area contributed by atoms with Crippen LogP contribution in [-0.4, -0.2) is 26.3 Å². The lowest BCUT2D eigenvalue weighted by molar-refractivity contribution is -0.178. The number of unbranched alkanes of at least 4 members (excludes halogenated alkanes) is 24. The molecule has 1 aliphatic heterocycles. The fraction of sp³-hybridized carbons (Fsp3) is 0.943. The molecule has 0 aromatic heterocycles. The molecule has 0 bridgehead atoms. The van der Waals surface area contributed by atoms with Crippen LogP contribution in [0.2, 0.25) is 0 Å². The topological polar surface area (TPSA) is 86.7 Å². The normalized spacial score (nSPS) is 15.1. The van der Waals surface area contributed by atoms with Gasteiger partial charge in [0.05, 0.1) is 0 Å². The van der Waals surface area contributed by atoms with E-state index in [0.29, 0.717) is 12.8 Å². The van der Waals surface area contributed by atoms with E-state index in [-0.39, 0.29) is 24.4 Å². The van der Waals surface area contributed by atoms with Gasteiger partial charge in [0.15, 0.2) is 11.6 Å². The zero-order chi connectivity index (χ0) is 30.9.